The van der Waals surface area contributed by atoms with Gasteiger partial charge in [-0.1, -0.05) is 0 Å². The van der Waals surface area contributed by atoms with Crippen LogP contribution in [-0.4, -0.2) is 23.2 Å². The summed E-state index contributed by atoms with van der Waals surface area (Å²) in [4.78, 5) is 5.41. The molecule has 0 amide bonds. The van der Waals surface area contributed by atoms with Gasteiger partial charge in [-0.3, -0.25) is 0 Å². The van der Waals surface area contributed by atoms with Crippen LogP contribution in [-0.2, 0) is 0 Å². The van der Waals surface area contributed by atoms with Crippen molar-refractivity contribution in [2.75, 3.05) is 13.1 Å². The molecule has 4 heteroatoms. The maximum atomic E-state index is 10.1. The molecule has 3 nitrogen and oxygen atoms in total. The molecule has 2 N–H and O–H groups in total. The number of piperidine rings is 1. The monoisotopic (exact) mass is 212 g/mol. The third-order valence-corrected chi connectivity index (χ3v) is 3.71. The molecule has 1 aromatic heterocycles. The van der Waals surface area contributed by atoms with Crippen LogP contribution in [0.3, 0.4) is 0 Å². The van der Waals surface area contributed by atoms with E-state index in [1.165, 1.54) is 4.88 Å². The van der Waals surface area contributed by atoms with E-state index in [1.807, 2.05) is 13.1 Å². The van der Waals surface area contributed by atoms with Gasteiger partial charge in [0.05, 0.1) is 0 Å². The molecular weight excluding hydrogens is 196 g/mol. The lowest BCUT2D eigenvalue weighted by Crippen LogP contribution is -2.30. The lowest BCUT2D eigenvalue weighted by molar-refractivity contribution is 0.0887. The number of thiazole rings is 1. The summed E-state index contributed by atoms with van der Waals surface area (Å²) in [6.07, 6.45) is 3.60. The predicted octanol–water partition coefficient (Wildman–Crippen LogP) is 1.48. The summed E-state index contributed by atoms with van der Waals surface area (Å²) in [5, 5.41) is 14.3. The second-order valence-electron chi connectivity index (χ2n) is 3.84. The number of nitrogens with zero attached hydrogens (tertiary/aromatic N) is 1. The highest BCUT2D eigenvalue weighted by molar-refractivity contribution is 7.11. The smallest absolute Gasteiger partial charge is 0.122 e. The zero-order chi connectivity index (χ0) is 9.97. The molecule has 1 unspecified atom stereocenters. The summed E-state index contributed by atoms with van der Waals surface area (Å²) in [5.74, 6) is 0.391. The van der Waals surface area contributed by atoms with Gasteiger partial charge < -0.3 is 10.4 Å². The van der Waals surface area contributed by atoms with Gasteiger partial charge >= 0.3 is 0 Å². The van der Waals surface area contributed by atoms with Gasteiger partial charge in [0.2, 0.25) is 0 Å². The van der Waals surface area contributed by atoms with Crippen LogP contribution in [0.25, 0.3) is 0 Å². The average Bonchev–Trinajstić information content (AvgIpc) is 2.65. The third-order valence-electron chi connectivity index (χ3n) is 2.72. The minimum Gasteiger partial charge on any atom is -0.386 e. The highest BCUT2D eigenvalue weighted by Gasteiger charge is 2.24. The first kappa shape index (κ1) is 10.1. The minimum atomic E-state index is -0.351. The van der Waals surface area contributed by atoms with Crippen LogP contribution in [0.2, 0.25) is 0 Å². The second kappa shape index (κ2) is 4.38. The van der Waals surface area contributed by atoms with Crippen molar-refractivity contribution in [3.05, 3.63) is 16.1 Å². The number of aromatic nitrogens is 1. The van der Waals surface area contributed by atoms with Crippen molar-refractivity contribution < 1.29 is 5.11 Å². The van der Waals surface area contributed by atoms with Gasteiger partial charge in [0.25, 0.3) is 0 Å². The Morgan fingerprint density at radius 2 is 2.29 bits per heavy atom. The van der Waals surface area contributed by atoms with E-state index < -0.39 is 0 Å². The van der Waals surface area contributed by atoms with E-state index in [2.05, 4.69) is 10.3 Å². The first-order valence-corrected chi connectivity index (χ1v) is 5.90. The van der Waals surface area contributed by atoms with Crippen molar-refractivity contribution in [1.29, 1.82) is 0 Å². The van der Waals surface area contributed by atoms with Crippen LogP contribution < -0.4 is 5.32 Å². The van der Waals surface area contributed by atoms with Gasteiger partial charge in [-0.25, -0.2) is 4.98 Å². The zero-order valence-electron chi connectivity index (χ0n) is 8.36. The lowest BCUT2D eigenvalue weighted by atomic mass is 9.92. The van der Waals surface area contributed by atoms with Crippen LogP contribution in [0.1, 0.15) is 28.8 Å². The standard InChI is InChI=1S/C10H16N2OS/c1-7-6-12-10(14-7)9(13)8-2-4-11-5-3-8/h6,8-9,11,13H,2-5H2,1H3. The Labute approximate surface area is 88.2 Å². The Morgan fingerprint density at radius 3 is 2.86 bits per heavy atom. The van der Waals surface area contributed by atoms with Crippen LogP contribution in [0.15, 0.2) is 6.20 Å². The van der Waals surface area contributed by atoms with Crippen LogP contribution in [0.5, 0.6) is 0 Å². The minimum absolute atomic E-state index is 0.351. The average molecular weight is 212 g/mol. The topological polar surface area (TPSA) is 45.2 Å². The first-order chi connectivity index (χ1) is 6.77. The molecule has 1 aliphatic heterocycles. The number of nitrogens with one attached hydrogen (secondary N) is 1. The predicted molar refractivity (Wildman–Crippen MR) is 57.4 cm³/mol. The number of aryl methyl sites for hydroxylation is 1. The number of aliphatic hydroxyl groups is 1. The molecule has 0 saturated carbocycles. The van der Waals surface area contributed by atoms with E-state index in [9.17, 15) is 5.11 Å². The van der Waals surface area contributed by atoms with E-state index in [1.54, 1.807) is 11.3 Å². The molecule has 1 saturated heterocycles. The molecule has 78 valence electrons. The maximum absolute atomic E-state index is 10.1. The van der Waals surface area contributed by atoms with Gasteiger partial charge in [0.15, 0.2) is 0 Å². The summed E-state index contributed by atoms with van der Waals surface area (Å²) in [6, 6.07) is 0. The van der Waals surface area contributed by atoms with Gasteiger partial charge in [-0.05, 0) is 38.8 Å². The SMILES string of the molecule is Cc1cnc(C(O)C2CCNCC2)s1. The molecule has 0 aliphatic carbocycles. The summed E-state index contributed by atoms with van der Waals surface area (Å²) in [5.41, 5.74) is 0. The molecule has 0 radical (unpaired) electrons. The Hall–Kier alpha value is -0.450. The van der Waals surface area contributed by atoms with Crippen molar-refractivity contribution in [2.45, 2.75) is 25.9 Å². The Balaban J connectivity index is 2.03. The van der Waals surface area contributed by atoms with Gasteiger partial charge in [0, 0.05) is 11.1 Å². The maximum Gasteiger partial charge on any atom is 0.122 e. The molecule has 14 heavy (non-hydrogen) atoms. The van der Waals surface area contributed by atoms with E-state index in [-0.39, 0.29) is 6.10 Å². The normalized spacial score (nSPS) is 21.0. The Kier molecular flexibility index (Phi) is 3.15. The zero-order valence-corrected chi connectivity index (χ0v) is 9.18. The Bertz CT molecular complexity index is 294. The largest absolute Gasteiger partial charge is 0.386 e. The van der Waals surface area contributed by atoms with Crippen LogP contribution in [0, 0.1) is 12.8 Å². The number of rotatable bonds is 2. The van der Waals surface area contributed by atoms with Crippen molar-refractivity contribution in [3.63, 3.8) is 0 Å². The lowest BCUT2D eigenvalue weighted by Gasteiger charge is -2.25. The number of aliphatic hydroxyl groups excluding tert-OH is 1. The summed E-state index contributed by atoms with van der Waals surface area (Å²) in [7, 11) is 0. The van der Waals surface area contributed by atoms with Crippen molar-refractivity contribution >= 4 is 11.3 Å². The molecule has 0 bridgehead atoms. The van der Waals surface area contributed by atoms with E-state index in [4.69, 9.17) is 0 Å². The highest BCUT2D eigenvalue weighted by Crippen LogP contribution is 2.30. The van der Waals surface area contributed by atoms with Crippen molar-refractivity contribution in [3.8, 4) is 0 Å². The molecule has 1 aromatic rings. The van der Waals surface area contributed by atoms with Gasteiger partial charge in [0.1, 0.15) is 11.1 Å². The molecule has 1 atom stereocenters. The Morgan fingerprint density at radius 1 is 1.57 bits per heavy atom. The fraction of sp³-hybridized carbons (Fsp3) is 0.700. The number of hydrogen-bond acceptors (Lipinski definition) is 4. The molecule has 1 aliphatic rings. The molecule has 0 spiro atoms. The van der Waals surface area contributed by atoms with Gasteiger partial charge in [-0.15, -0.1) is 11.3 Å². The summed E-state index contributed by atoms with van der Waals surface area (Å²) >= 11 is 1.61. The third kappa shape index (κ3) is 2.13. The fourth-order valence-electron chi connectivity index (χ4n) is 1.87. The highest BCUT2D eigenvalue weighted by atomic mass is 32.1. The molecule has 0 aromatic carbocycles. The molecule has 1 fully saturated rings. The van der Waals surface area contributed by atoms with Crippen molar-refractivity contribution in [1.82, 2.24) is 10.3 Å². The summed E-state index contributed by atoms with van der Waals surface area (Å²) < 4.78 is 0. The second-order valence-corrected chi connectivity index (χ2v) is 5.11. The first-order valence-electron chi connectivity index (χ1n) is 5.08. The number of hydrogen-bond donors (Lipinski definition) is 2. The van der Waals surface area contributed by atoms with E-state index >= 15 is 0 Å². The van der Waals surface area contributed by atoms with Crippen LogP contribution >= 0.6 is 11.3 Å². The quantitative estimate of drug-likeness (QED) is 0.780. The van der Waals surface area contributed by atoms with E-state index in [0.29, 0.717) is 5.92 Å². The molecular formula is C10H16N2OS. The van der Waals surface area contributed by atoms with E-state index in [0.717, 1.165) is 30.9 Å². The van der Waals surface area contributed by atoms with Crippen molar-refractivity contribution in [2.24, 2.45) is 5.92 Å². The molecule has 2 heterocycles. The van der Waals surface area contributed by atoms with Crippen LogP contribution in [0.4, 0.5) is 0 Å². The fourth-order valence-corrected chi connectivity index (χ4v) is 2.72. The molecule has 2 rings (SSSR count). The van der Waals surface area contributed by atoms with Gasteiger partial charge in [-0.2, -0.15) is 0 Å². The summed E-state index contributed by atoms with van der Waals surface area (Å²) in [6.45, 7) is 4.06.